The molecule has 2 atom stereocenters. The summed E-state index contributed by atoms with van der Waals surface area (Å²) >= 11 is 0. The summed E-state index contributed by atoms with van der Waals surface area (Å²) in [4.78, 5) is 15.5. The lowest BCUT2D eigenvalue weighted by Crippen LogP contribution is -2.43. The SMILES string of the molecule is CC(C)[Si](C#Cc1cccc2cccc(-c3ncc4c(N)nc(OC[C@@]56CCCN5C[C@H](F)C6)nc4c3F)c12)(C(C)C)C(C)C. The van der Waals surface area contributed by atoms with E-state index >= 15 is 4.39 Å². The molecule has 4 aromatic rings. The van der Waals surface area contributed by atoms with E-state index in [1.165, 1.54) is 6.20 Å². The molecule has 0 saturated carbocycles. The molecule has 2 aliphatic rings. The fourth-order valence-corrected chi connectivity index (χ4v) is 13.4. The van der Waals surface area contributed by atoms with Crippen molar-refractivity contribution < 1.29 is 13.5 Å². The molecule has 4 heterocycles. The van der Waals surface area contributed by atoms with Gasteiger partial charge < -0.3 is 10.5 Å². The van der Waals surface area contributed by atoms with Crippen molar-refractivity contribution in [3.63, 3.8) is 0 Å². The Bertz CT molecular complexity index is 1790. The molecule has 2 saturated heterocycles. The van der Waals surface area contributed by atoms with Crippen LogP contribution in [0.25, 0.3) is 32.9 Å². The zero-order valence-corrected chi connectivity index (χ0v) is 28.1. The molecule has 2 aromatic carbocycles. The Hall–Kier alpha value is -3.61. The highest BCUT2D eigenvalue weighted by Crippen LogP contribution is 2.42. The van der Waals surface area contributed by atoms with E-state index in [4.69, 9.17) is 10.5 Å². The molecule has 0 bridgehead atoms. The van der Waals surface area contributed by atoms with Gasteiger partial charge in [-0.25, -0.2) is 8.78 Å². The Morgan fingerprint density at radius 1 is 1.07 bits per heavy atom. The first-order valence-corrected chi connectivity index (χ1v) is 18.4. The predicted molar refractivity (Wildman–Crippen MR) is 181 cm³/mol. The maximum Gasteiger partial charge on any atom is 0.319 e. The fourth-order valence-electron chi connectivity index (χ4n) is 8.21. The Morgan fingerprint density at radius 3 is 2.49 bits per heavy atom. The largest absolute Gasteiger partial charge is 0.461 e. The van der Waals surface area contributed by atoms with Crippen molar-refractivity contribution in [3.05, 3.63) is 54.0 Å². The molecule has 2 N–H and O–H groups in total. The van der Waals surface area contributed by atoms with E-state index in [0.717, 1.165) is 35.7 Å². The van der Waals surface area contributed by atoms with E-state index < -0.39 is 20.1 Å². The first-order chi connectivity index (χ1) is 21.5. The summed E-state index contributed by atoms with van der Waals surface area (Å²) in [5.74, 6) is 3.08. The third-order valence-corrected chi connectivity index (χ3v) is 16.7. The number of benzene rings is 2. The van der Waals surface area contributed by atoms with Crippen molar-refractivity contribution in [2.75, 3.05) is 25.4 Å². The third kappa shape index (κ3) is 5.36. The number of pyridine rings is 1. The van der Waals surface area contributed by atoms with Gasteiger partial charge in [-0.2, -0.15) is 9.97 Å². The van der Waals surface area contributed by atoms with Crippen LogP contribution in [0.15, 0.2) is 42.6 Å². The van der Waals surface area contributed by atoms with Gasteiger partial charge in [0, 0.05) is 35.7 Å². The molecule has 45 heavy (non-hydrogen) atoms. The first kappa shape index (κ1) is 31.4. The number of nitrogens with zero attached hydrogens (tertiary/aromatic N) is 4. The Labute approximate surface area is 265 Å². The molecule has 2 fully saturated rings. The summed E-state index contributed by atoms with van der Waals surface area (Å²) in [5, 5.41) is 2.13. The number of alkyl halides is 1. The van der Waals surface area contributed by atoms with Crippen molar-refractivity contribution >= 4 is 35.6 Å². The Balaban J connectivity index is 1.43. The predicted octanol–water partition coefficient (Wildman–Crippen LogP) is 8.09. The Morgan fingerprint density at radius 2 is 1.78 bits per heavy atom. The normalized spacial score (nSPS) is 20.4. The second kappa shape index (κ2) is 12.0. The van der Waals surface area contributed by atoms with E-state index in [-0.39, 0.29) is 35.2 Å². The molecule has 0 radical (unpaired) electrons. The topological polar surface area (TPSA) is 77.2 Å². The van der Waals surface area contributed by atoms with Gasteiger partial charge in [0.25, 0.3) is 0 Å². The smallest absolute Gasteiger partial charge is 0.319 e. The molecule has 0 amide bonds. The van der Waals surface area contributed by atoms with Gasteiger partial charge in [0.15, 0.2) is 5.82 Å². The maximum atomic E-state index is 16.5. The summed E-state index contributed by atoms with van der Waals surface area (Å²) in [5.41, 5.74) is 12.9. The number of nitrogens with two attached hydrogens (primary N) is 1. The molecule has 2 aliphatic heterocycles. The standard InChI is InChI=1S/C36H43F2N5OSi/c1-22(2)45(23(3)4,24(5)6)17-14-26-11-7-10-25-12-8-13-28(30(25)26)32-31(38)33-29(19-40-32)34(39)42-35(41-33)44-21-36-15-9-16-43(36)20-27(37)18-36/h7-8,10-13,19,22-24,27H,9,15-16,18,20-21H2,1-6H3,(H2,39,41,42)/t27-,36+/m1/s1. The molecule has 0 unspecified atom stereocenters. The number of halogens is 2. The van der Waals surface area contributed by atoms with Crippen molar-refractivity contribution in [1.82, 2.24) is 19.9 Å². The second-order valence-electron chi connectivity index (χ2n) is 13.8. The summed E-state index contributed by atoms with van der Waals surface area (Å²) in [6.07, 6.45) is 2.90. The number of nitrogen functional groups attached to an aromatic ring is 1. The highest BCUT2D eigenvalue weighted by atomic mass is 28.3. The minimum atomic E-state index is -2.00. The monoisotopic (exact) mass is 627 g/mol. The molecule has 6 rings (SSSR count). The lowest BCUT2D eigenvalue weighted by molar-refractivity contribution is 0.107. The minimum Gasteiger partial charge on any atom is -0.461 e. The van der Waals surface area contributed by atoms with Gasteiger partial charge in [0.2, 0.25) is 0 Å². The molecular weight excluding hydrogens is 585 g/mol. The van der Waals surface area contributed by atoms with Crippen LogP contribution in [0.5, 0.6) is 6.01 Å². The molecule has 0 spiro atoms. The van der Waals surface area contributed by atoms with Gasteiger partial charge in [-0.05, 0) is 47.5 Å². The molecule has 9 heteroatoms. The van der Waals surface area contributed by atoms with E-state index in [9.17, 15) is 4.39 Å². The van der Waals surface area contributed by atoms with Gasteiger partial charge in [0.05, 0.1) is 10.9 Å². The van der Waals surface area contributed by atoms with Crippen LogP contribution in [-0.4, -0.2) is 59.3 Å². The third-order valence-electron chi connectivity index (χ3n) is 10.4. The van der Waals surface area contributed by atoms with Crippen molar-refractivity contribution in [2.24, 2.45) is 0 Å². The zero-order chi connectivity index (χ0) is 32.1. The zero-order valence-electron chi connectivity index (χ0n) is 27.1. The van der Waals surface area contributed by atoms with Crippen LogP contribution < -0.4 is 10.5 Å². The number of aromatic nitrogens is 3. The maximum absolute atomic E-state index is 16.5. The molecule has 2 aromatic heterocycles. The van der Waals surface area contributed by atoms with Crippen LogP contribution in [0.4, 0.5) is 14.6 Å². The molecule has 0 aliphatic carbocycles. The lowest BCUT2D eigenvalue weighted by atomic mass is 9.95. The quantitative estimate of drug-likeness (QED) is 0.165. The number of anilines is 1. The summed E-state index contributed by atoms with van der Waals surface area (Å²) < 4.78 is 36.8. The average Bonchev–Trinajstić information content (AvgIpc) is 3.52. The second-order valence-corrected chi connectivity index (χ2v) is 19.4. The Kier molecular flexibility index (Phi) is 8.34. The lowest BCUT2D eigenvalue weighted by Gasteiger charge is -2.38. The number of ether oxygens (including phenoxy) is 1. The van der Waals surface area contributed by atoms with Gasteiger partial charge in [-0.15, -0.1) is 5.54 Å². The van der Waals surface area contributed by atoms with Crippen LogP contribution in [0, 0.1) is 17.3 Å². The van der Waals surface area contributed by atoms with Crippen molar-refractivity contribution in [2.45, 2.75) is 89.1 Å². The molecule has 6 nitrogen and oxygen atoms in total. The average molecular weight is 628 g/mol. The van der Waals surface area contributed by atoms with E-state index in [1.807, 2.05) is 36.4 Å². The summed E-state index contributed by atoms with van der Waals surface area (Å²) in [7, 11) is -2.00. The van der Waals surface area contributed by atoms with Gasteiger partial charge in [-0.3, -0.25) is 9.88 Å². The van der Waals surface area contributed by atoms with Crippen molar-refractivity contribution in [1.29, 1.82) is 0 Å². The highest BCUT2D eigenvalue weighted by Gasteiger charge is 2.49. The van der Waals surface area contributed by atoms with E-state index in [2.05, 4.69) is 72.9 Å². The van der Waals surface area contributed by atoms with Crippen LogP contribution in [0.3, 0.4) is 0 Å². The van der Waals surface area contributed by atoms with Gasteiger partial charge in [-0.1, -0.05) is 77.8 Å². The highest BCUT2D eigenvalue weighted by molar-refractivity contribution is 6.90. The van der Waals surface area contributed by atoms with Crippen LogP contribution in [0.2, 0.25) is 16.6 Å². The summed E-state index contributed by atoms with van der Waals surface area (Å²) in [6.45, 7) is 15.3. The van der Waals surface area contributed by atoms with Gasteiger partial charge in [0.1, 0.15) is 37.9 Å². The van der Waals surface area contributed by atoms with Crippen LogP contribution in [0.1, 0.15) is 66.4 Å². The number of rotatable bonds is 7. The molecule has 236 valence electrons. The minimum absolute atomic E-state index is 0.0126. The van der Waals surface area contributed by atoms with Crippen LogP contribution in [-0.2, 0) is 0 Å². The number of fused-ring (bicyclic) bond motifs is 3. The van der Waals surface area contributed by atoms with Crippen LogP contribution >= 0.6 is 0 Å². The van der Waals surface area contributed by atoms with E-state index in [1.54, 1.807) is 0 Å². The summed E-state index contributed by atoms with van der Waals surface area (Å²) in [6, 6.07) is 11.8. The number of hydrogen-bond acceptors (Lipinski definition) is 6. The number of hydrogen-bond donors (Lipinski definition) is 1. The molecular formula is C36H43F2N5OSi. The first-order valence-electron chi connectivity index (χ1n) is 16.2. The van der Waals surface area contributed by atoms with E-state index in [0.29, 0.717) is 40.5 Å². The van der Waals surface area contributed by atoms with Crippen molar-refractivity contribution in [3.8, 4) is 28.7 Å². The van der Waals surface area contributed by atoms with Gasteiger partial charge >= 0.3 is 6.01 Å². The fraction of sp³-hybridized carbons (Fsp3) is 0.472.